The number of anilines is 1. The molecule has 1 atom stereocenters. The molecule has 0 spiro atoms. The maximum Gasteiger partial charge on any atom is 0.338 e. The molecular weight excluding hydrogens is 395 g/mol. The van der Waals surface area contributed by atoms with E-state index < -0.39 is 17.7 Å². The highest BCUT2D eigenvalue weighted by Gasteiger charge is 2.29. The number of amides is 1. The molecule has 0 saturated carbocycles. The van der Waals surface area contributed by atoms with Gasteiger partial charge in [0.05, 0.1) is 35.6 Å². The van der Waals surface area contributed by atoms with Crippen LogP contribution in [0.1, 0.15) is 33.6 Å². The molecule has 2 heterocycles. The van der Waals surface area contributed by atoms with Crippen LogP contribution in [0.15, 0.2) is 42.5 Å². The molecular formula is C21H19FN2O4S. The zero-order valence-electron chi connectivity index (χ0n) is 15.8. The Balaban J connectivity index is 1.77. The lowest BCUT2D eigenvalue weighted by Gasteiger charge is -2.23. The number of ether oxygens (including phenoxy) is 2. The number of nitrogens with zero attached hydrogens (tertiary/aromatic N) is 2. The molecule has 1 aliphatic rings. The van der Waals surface area contributed by atoms with Gasteiger partial charge in [-0.3, -0.25) is 9.69 Å². The summed E-state index contributed by atoms with van der Waals surface area (Å²) >= 11 is 1.23. The summed E-state index contributed by atoms with van der Waals surface area (Å²) in [6, 6.07) is 11.2. The first-order valence-corrected chi connectivity index (χ1v) is 10.1. The average molecular weight is 414 g/mol. The lowest BCUT2D eigenvalue weighted by atomic mass is 10.1. The minimum absolute atomic E-state index is 0.138. The predicted molar refractivity (Wildman–Crippen MR) is 108 cm³/mol. The Labute approximate surface area is 170 Å². The largest absolute Gasteiger partial charge is 0.465 e. The van der Waals surface area contributed by atoms with Crippen molar-refractivity contribution in [2.75, 3.05) is 25.2 Å². The Hall–Kier alpha value is -2.84. The third kappa shape index (κ3) is 3.86. The van der Waals surface area contributed by atoms with Gasteiger partial charge < -0.3 is 9.47 Å². The summed E-state index contributed by atoms with van der Waals surface area (Å²) in [7, 11) is 1.27. The fraction of sp³-hybridized carbons (Fsp3) is 0.286. The molecule has 0 radical (unpaired) electrons. The lowest BCUT2D eigenvalue weighted by molar-refractivity contribution is 0.0596. The summed E-state index contributed by atoms with van der Waals surface area (Å²) < 4.78 is 25.3. The molecule has 3 aromatic rings. The monoisotopic (exact) mass is 414 g/mol. The van der Waals surface area contributed by atoms with E-state index in [1.54, 1.807) is 36.4 Å². The van der Waals surface area contributed by atoms with Crippen LogP contribution in [0.25, 0.3) is 10.2 Å². The minimum Gasteiger partial charge on any atom is -0.465 e. The van der Waals surface area contributed by atoms with Gasteiger partial charge in [0.2, 0.25) is 0 Å². The molecule has 1 aromatic heterocycles. The van der Waals surface area contributed by atoms with Gasteiger partial charge in [0.15, 0.2) is 5.13 Å². The van der Waals surface area contributed by atoms with Crippen molar-refractivity contribution in [3.05, 3.63) is 59.4 Å². The molecule has 0 unspecified atom stereocenters. The Kier molecular flexibility index (Phi) is 5.55. The minimum atomic E-state index is -0.596. The summed E-state index contributed by atoms with van der Waals surface area (Å²) in [5, 5.41) is 0.366. The molecule has 0 N–H and O–H groups in total. The van der Waals surface area contributed by atoms with Gasteiger partial charge in [0, 0.05) is 6.61 Å². The number of carbonyl (C=O) groups excluding carboxylic acids is 2. The molecule has 6 nitrogen and oxygen atoms in total. The second kappa shape index (κ2) is 8.26. The van der Waals surface area contributed by atoms with Crippen molar-refractivity contribution in [3.8, 4) is 0 Å². The van der Waals surface area contributed by atoms with Crippen LogP contribution >= 0.6 is 11.3 Å². The van der Waals surface area contributed by atoms with Crippen molar-refractivity contribution < 1.29 is 23.5 Å². The number of rotatable bonds is 5. The van der Waals surface area contributed by atoms with Gasteiger partial charge >= 0.3 is 5.97 Å². The van der Waals surface area contributed by atoms with E-state index in [0.717, 1.165) is 12.8 Å². The molecule has 1 amide bonds. The van der Waals surface area contributed by atoms with Gasteiger partial charge in [-0.05, 0) is 37.1 Å². The van der Waals surface area contributed by atoms with E-state index in [9.17, 15) is 14.0 Å². The molecule has 1 aliphatic heterocycles. The highest BCUT2D eigenvalue weighted by atomic mass is 32.1. The highest BCUT2D eigenvalue weighted by molar-refractivity contribution is 7.22. The molecule has 29 heavy (non-hydrogen) atoms. The van der Waals surface area contributed by atoms with Crippen LogP contribution in [0.2, 0.25) is 0 Å². The number of benzene rings is 2. The van der Waals surface area contributed by atoms with Crippen molar-refractivity contribution in [2.45, 2.75) is 18.9 Å². The lowest BCUT2D eigenvalue weighted by Crippen LogP contribution is -2.38. The number of aromatic nitrogens is 1. The summed E-state index contributed by atoms with van der Waals surface area (Å²) in [6.07, 6.45) is 1.60. The van der Waals surface area contributed by atoms with Gasteiger partial charge in [-0.1, -0.05) is 29.5 Å². The standard InChI is InChI=1S/C21H19FN2O4S/c1-27-20(26)15-8-3-2-7-14(15)19(25)24(12-13-6-5-11-28-13)21-23-18-16(22)9-4-10-17(18)29-21/h2-4,7-10,13H,5-6,11-12H2,1H3/t13-/m0/s1. The first kappa shape index (κ1) is 19.5. The summed E-state index contributed by atoms with van der Waals surface area (Å²) in [5.74, 6) is -1.44. The first-order chi connectivity index (χ1) is 14.1. The average Bonchev–Trinajstić information content (AvgIpc) is 3.41. The van der Waals surface area contributed by atoms with E-state index in [1.807, 2.05) is 0 Å². The number of hydrogen-bond acceptors (Lipinski definition) is 6. The van der Waals surface area contributed by atoms with Crippen molar-refractivity contribution in [1.82, 2.24) is 4.98 Å². The fourth-order valence-corrected chi connectivity index (χ4v) is 4.35. The molecule has 0 bridgehead atoms. The first-order valence-electron chi connectivity index (χ1n) is 9.24. The number of hydrogen-bond donors (Lipinski definition) is 0. The molecule has 1 saturated heterocycles. The Morgan fingerprint density at radius 2 is 2.03 bits per heavy atom. The van der Waals surface area contributed by atoms with Gasteiger partial charge in [0.1, 0.15) is 11.3 Å². The highest BCUT2D eigenvalue weighted by Crippen LogP contribution is 2.32. The summed E-state index contributed by atoms with van der Waals surface area (Å²) in [4.78, 5) is 31.5. The van der Waals surface area contributed by atoms with Crippen LogP contribution in [0.3, 0.4) is 0 Å². The van der Waals surface area contributed by atoms with Crippen LogP contribution in [0.5, 0.6) is 0 Å². The quantitative estimate of drug-likeness (QED) is 0.589. The molecule has 1 fully saturated rings. The number of thiazole rings is 1. The van der Waals surface area contributed by atoms with Crippen molar-refractivity contribution >= 4 is 38.6 Å². The van der Waals surface area contributed by atoms with Crippen LogP contribution in [-0.2, 0) is 9.47 Å². The van der Waals surface area contributed by atoms with Gasteiger partial charge in [0.25, 0.3) is 5.91 Å². The van der Waals surface area contributed by atoms with Crippen molar-refractivity contribution in [2.24, 2.45) is 0 Å². The molecule has 2 aromatic carbocycles. The van der Waals surface area contributed by atoms with E-state index in [0.29, 0.717) is 16.4 Å². The maximum atomic E-state index is 14.2. The van der Waals surface area contributed by atoms with Crippen LogP contribution < -0.4 is 4.90 Å². The van der Waals surface area contributed by atoms with E-state index in [2.05, 4.69) is 4.98 Å². The van der Waals surface area contributed by atoms with E-state index in [-0.39, 0.29) is 29.3 Å². The number of halogens is 1. The molecule has 8 heteroatoms. The SMILES string of the molecule is COC(=O)c1ccccc1C(=O)N(C[C@@H]1CCCO1)c1nc2c(F)cccc2s1. The zero-order chi connectivity index (χ0) is 20.4. The van der Waals surface area contributed by atoms with E-state index in [1.165, 1.54) is 29.4 Å². The second-order valence-corrected chi connectivity index (χ2v) is 7.68. The summed E-state index contributed by atoms with van der Waals surface area (Å²) in [6.45, 7) is 0.912. The van der Waals surface area contributed by atoms with E-state index in [4.69, 9.17) is 9.47 Å². The molecule has 4 rings (SSSR count). The number of carbonyl (C=O) groups is 2. The predicted octanol–water partition coefficient (Wildman–Crippen LogP) is 4.05. The smallest absolute Gasteiger partial charge is 0.338 e. The number of fused-ring (bicyclic) bond motifs is 1. The van der Waals surface area contributed by atoms with Crippen LogP contribution in [0.4, 0.5) is 9.52 Å². The van der Waals surface area contributed by atoms with Gasteiger partial charge in [-0.15, -0.1) is 0 Å². The number of esters is 1. The second-order valence-electron chi connectivity index (χ2n) is 6.67. The van der Waals surface area contributed by atoms with E-state index >= 15 is 0 Å². The molecule has 150 valence electrons. The van der Waals surface area contributed by atoms with Crippen LogP contribution in [0, 0.1) is 5.82 Å². The third-order valence-electron chi connectivity index (χ3n) is 4.81. The number of methoxy groups -OCH3 is 1. The van der Waals surface area contributed by atoms with Gasteiger partial charge in [-0.2, -0.15) is 0 Å². The molecule has 0 aliphatic carbocycles. The Bertz CT molecular complexity index is 1060. The van der Waals surface area contributed by atoms with Crippen LogP contribution in [-0.4, -0.2) is 43.2 Å². The number of para-hydroxylation sites is 1. The topological polar surface area (TPSA) is 68.7 Å². The Morgan fingerprint density at radius 1 is 1.24 bits per heavy atom. The normalized spacial score (nSPS) is 16.1. The maximum absolute atomic E-state index is 14.2. The zero-order valence-corrected chi connectivity index (χ0v) is 16.6. The van der Waals surface area contributed by atoms with Gasteiger partial charge in [-0.25, -0.2) is 14.2 Å². The third-order valence-corrected chi connectivity index (χ3v) is 5.85. The Morgan fingerprint density at radius 3 is 2.72 bits per heavy atom. The summed E-state index contributed by atoms with van der Waals surface area (Å²) in [5.41, 5.74) is 0.598. The van der Waals surface area contributed by atoms with Crippen molar-refractivity contribution in [1.29, 1.82) is 0 Å². The van der Waals surface area contributed by atoms with Crippen molar-refractivity contribution in [3.63, 3.8) is 0 Å². The fourth-order valence-electron chi connectivity index (χ4n) is 3.36.